The number of pyridine rings is 1. The summed E-state index contributed by atoms with van der Waals surface area (Å²) in [6.07, 6.45) is 4.32. The first-order valence-corrected chi connectivity index (χ1v) is 3.65. The lowest BCUT2D eigenvalue weighted by Gasteiger charge is -1.93. The molecule has 1 rings (SSSR count). The predicted octanol–water partition coefficient (Wildman–Crippen LogP) is 1.09. The van der Waals surface area contributed by atoms with Gasteiger partial charge >= 0.3 is 0 Å². The highest BCUT2D eigenvalue weighted by Gasteiger charge is 1.73. The average Bonchev–Trinajstić information content (AvgIpc) is 2.07. The lowest BCUT2D eigenvalue weighted by molar-refractivity contribution is -0.115. The second-order valence-electron chi connectivity index (χ2n) is 2.59. The summed E-state index contributed by atoms with van der Waals surface area (Å²) >= 11 is 0. The third-order valence-corrected chi connectivity index (χ3v) is 1.06. The van der Waals surface area contributed by atoms with Crippen molar-refractivity contribution < 1.29 is 4.79 Å². The lowest BCUT2D eigenvalue weighted by Crippen LogP contribution is -2.06. The van der Waals surface area contributed by atoms with Crippen LogP contribution in [0.25, 0.3) is 0 Å². The molecule has 66 valence electrons. The molecule has 1 heterocycles. The maximum atomic E-state index is 9.43. The molecule has 1 amide bonds. The Bertz CT molecular complexity index is 209. The van der Waals surface area contributed by atoms with Crippen molar-refractivity contribution >= 4 is 6.41 Å². The van der Waals surface area contributed by atoms with Gasteiger partial charge in [0.05, 0.1) is 0 Å². The number of hydrogen-bond acceptors (Lipinski definition) is 2. The minimum atomic E-state index is 0.750. The van der Waals surface area contributed by atoms with Crippen LogP contribution in [-0.2, 0) is 4.79 Å². The van der Waals surface area contributed by atoms with Gasteiger partial charge in [-0.1, -0.05) is 0 Å². The van der Waals surface area contributed by atoms with Gasteiger partial charge < -0.3 is 4.90 Å². The Kier molecular flexibility index (Phi) is 5.61. The van der Waals surface area contributed by atoms with Crippen LogP contribution in [0.4, 0.5) is 0 Å². The van der Waals surface area contributed by atoms with Crippen LogP contribution in [0, 0.1) is 6.92 Å². The van der Waals surface area contributed by atoms with Gasteiger partial charge in [-0.15, -0.1) is 0 Å². The Balaban J connectivity index is 0.000000217. The molecule has 12 heavy (non-hydrogen) atoms. The van der Waals surface area contributed by atoms with Gasteiger partial charge in [-0.25, -0.2) is 0 Å². The van der Waals surface area contributed by atoms with Crippen molar-refractivity contribution in [2.24, 2.45) is 0 Å². The molecule has 3 nitrogen and oxygen atoms in total. The van der Waals surface area contributed by atoms with Crippen LogP contribution in [0.5, 0.6) is 0 Å². The van der Waals surface area contributed by atoms with E-state index >= 15 is 0 Å². The summed E-state index contributed by atoms with van der Waals surface area (Å²) in [7, 11) is 3.38. The fourth-order valence-electron chi connectivity index (χ4n) is 0.426. The number of carbonyl (C=O) groups is 1. The standard InChI is InChI=1S/C6H7N.C3H7NO/c1-6-2-4-7-5-3-6;1-4(2)3-5/h2-5H,1H3;3H,1-2H3. The van der Waals surface area contributed by atoms with Crippen molar-refractivity contribution in [3.05, 3.63) is 30.1 Å². The molecule has 1 aromatic rings. The Hall–Kier alpha value is -1.38. The first kappa shape index (κ1) is 10.6. The molecular weight excluding hydrogens is 152 g/mol. The van der Waals surface area contributed by atoms with Gasteiger partial charge in [-0.2, -0.15) is 0 Å². The fraction of sp³-hybridized carbons (Fsp3) is 0.333. The smallest absolute Gasteiger partial charge is 0.209 e. The normalized spacial score (nSPS) is 7.92. The van der Waals surface area contributed by atoms with Gasteiger partial charge in [0, 0.05) is 26.5 Å². The van der Waals surface area contributed by atoms with Crippen LogP contribution in [0.2, 0.25) is 0 Å². The highest BCUT2D eigenvalue weighted by atomic mass is 16.1. The van der Waals surface area contributed by atoms with Crippen molar-refractivity contribution in [3.8, 4) is 0 Å². The van der Waals surface area contributed by atoms with E-state index in [4.69, 9.17) is 0 Å². The van der Waals surface area contributed by atoms with E-state index in [1.807, 2.05) is 19.1 Å². The molecule has 0 aliphatic carbocycles. The first-order chi connectivity index (χ1) is 5.66. The SMILES string of the molecule is CN(C)C=O.Cc1ccncc1. The number of hydrogen-bond donors (Lipinski definition) is 0. The van der Waals surface area contributed by atoms with E-state index in [-0.39, 0.29) is 0 Å². The first-order valence-electron chi connectivity index (χ1n) is 3.65. The molecule has 0 fully saturated rings. The number of aryl methyl sites for hydroxylation is 1. The summed E-state index contributed by atoms with van der Waals surface area (Å²) in [4.78, 5) is 14.7. The zero-order valence-electron chi connectivity index (χ0n) is 7.69. The predicted molar refractivity (Wildman–Crippen MR) is 48.7 cm³/mol. The van der Waals surface area contributed by atoms with Gasteiger partial charge in [0.25, 0.3) is 0 Å². The third kappa shape index (κ3) is 6.74. The molecule has 0 aliphatic heterocycles. The van der Waals surface area contributed by atoms with Crippen LogP contribution >= 0.6 is 0 Å². The summed E-state index contributed by atoms with van der Waals surface area (Å²) in [6, 6.07) is 3.94. The van der Waals surface area contributed by atoms with Crippen molar-refractivity contribution in [3.63, 3.8) is 0 Å². The Morgan fingerprint density at radius 3 is 1.92 bits per heavy atom. The van der Waals surface area contributed by atoms with E-state index < -0.39 is 0 Å². The zero-order valence-corrected chi connectivity index (χ0v) is 7.69. The van der Waals surface area contributed by atoms with Crippen molar-refractivity contribution in [2.75, 3.05) is 14.1 Å². The Labute approximate surface area is 73.0 Å². The summed E-state index contributed by atoms with van der Waals surface area (Å²) in [6.45, 7) is 2.04. The second-order valence-corrected chi connectivity index (χ2v) is 2.59. The summed E-state index contributed by atoms with van der Waals surface area (Å²) < 4.78 is 0. The van der Waals surface area contributed by atoms with E-state index in [0.29, 0.717) is 0 Å². The number of carbonyl (C=O) groups excluding carboxylic acids is 1. The molecule has 0 unspecified atom stereocenters. The second kappa shape index (κ2) is 6.34. The highest BCUT2D eigenvalue weighted by molar-refractivity contribution is 5.45. The van der Waals surface area contributed by atoms with Gasteiger partial charge in [0.1, 0.15) is 0 Å². The average molecular weight is 166 g/mol. The maximum absolute atomic E-state index is 9.43. The summed E-state index contributed by atoms with van der Waals surface area (Å²) in [5.74, 6) is 0. The lowest BCUT2D eigenvalue weighted by atomic mass is 10.3. The van der Waals surface area contributed by atoms with E-state index in [2.05, 4.69) is 4.98 Å². The third-order valence-electron chi connectivity index (χ3n) is 1.06. The van der Waals surface area contributed by atoms with Crippen LogP contribution in [-0.4, -0.2) is 30.4 Å². The Morgan fingerprint density at radius 1 is 1.33 bits per heavy atom. The van der Waals surface area contributed by atoms with Crippen LogP contribution in [0.15, 0.2) is 24.5 Å². The molecule has 0 saturated heterocycles. The molecule has 0 bridgehead atoms. The molecule has 0 spiro atoms. The summed E-state index contributed by atoms with van der Waals surface area (Å²) in [5.41, 5.74) is 1.26. The highest BCUT2D eigenvalue weighted by Crippen LogP contribution is 1.88. The zero-order chi connectivity index (χ0) is 9.40. The molecular formula is C9H14N2O. The topological polar surface area (TPSA) is 33.2 Å². The van der Waals surface area contributed by atoms with Gasteiger partial charge in [0.2, 0.25) is 6.41 Å². The molecule has 0 aliphatic rings. The van der Waals surface area contributed by atoms with Crippen molar-refractivity contribution in [1.29, 1.82) is 0 Å². The molecule has 0 radical (unpaired) electrons. The van der Waals surface area contributed by atoms with Gasteiger partial charge in [-0.05, 0) is 24.6 Å². The van der Waals surface area contributed by atoms with E-state index in [1.165, 1.54) is 10.5 Å². The number of rotatable bonds is 1. The van der Waals surface area contributed by atoms with E-state index in [9.17, 15) is 4.79 Å². The number of amides is 1. The molecule has 0 atom stereocenters. The van der Waals surface area contributed by atoms with E-state index in [0.717, 1.165) is 6.41 Å². The molecule has 1 aromatic heterocycles. The van der Waals surface area contributed by atoms with Crippen LogP contribution < -0.4 is 0 Å². The minimum absolute atomic E-state index is 0.750. The maximum Gasteiger partial charge on any atom is 0.209 e. The monoisotopic (exact) mass is 166 g/mol. The van der Waals surface area contributed by atoms with Gasteiger partial charge in [-0.3, -0.25) is 9.78 Å². The van der Waals surface area contributed by atoms with Crippen LogP contribution in [0.3, 0.4) is 0 Å². The molecule has 0 aromatic carbocycles. The van der Waals surface area contributed by atoms with Gasteiger partial charge in [0.15, 0.2) is 0 Å². The van der Waals surface area contributed by atoms with E-state index in [1.54, 1.807) is 26.5 Å². The Morgan fingerprint density at radius 2 is 1.75 bits per heavy atom. The minimum Gasteiger partial charge on any atom is -0.351 e. The van der Waals surface area contributed by atoms with Crippen molar-refractivity contribution in [2.45, 2.75) is 6.92 Å². The van der Waals surface area contributed by atoms with Crippen molar-refractivity contribution in [1.82, 2.24) is 9.88 Å². The number of aromatic nitrogens is 1. The fourth-order valence-corrected chi connectivity index (χ4v) is 0.426. The van der Waals surface area contributed by atoms with Crippen LogP contribution in [0.1, 0.15) is 5.56 Å². The largest absolute Gasteiger partial charge is 0.351 e. The quantitative estimate of drug-likeness (QED) is 0.585. The molecule has 0 N–H and O–H groups in total. The molecule has 0 saturated carbocycles. The number of nitrogens with zero attached hydrogens (tertiary/aromatic N) is 2. The molecule has 3 heteroatoms. The summed E-state index contributed by atoms with van der Waals surface area (Å²) in [5, 5.41) is 0.